The highest BCUT2D eigenvalue weighted by molar-refractivity contribution is 5.97. The third kappa shape index (κ3) is 3.82. The van der Waals surface area contributed by atoms with Gasteiger partial charge in [0.05, 0.1) is 6.26 Å². The number of benzene rings is 1. The van der Waals surface area contributed by atoms with Crippen molar-refractivity contribution in [1.82, 2.24) is 0 Å². The minimum absolute atomic E-state index is 0.226. The van der Waals surface area contributed by atoms with Gasteiger partial charge < -0.3 is 4.42 Å². The highest BCUT2D eigenvalue weighted by atomic mass is 16.3. The zero-order valence-electron chi connectivity index (χ0n) is 11.4. The summed E-state index contributed by atoms with van der Waals surface area (Å²) in [4.78, 5) is 12.1. The van der Waals surface area contributed by atoms with Gasteiger partial charge in [-0.3, -0.25) is 4.79 Å². The van der Waals surface area contributed by atoms with E-state index in [0.717, 1.165) is 29.7 Å². The Bertz CT molecular complexity index is 512. The molecule has 0 amide bonds. The first-order valence-corrected chi connectivity index (χ1v) is 6.98. The zero-order valence-corrected chi connectivity index (χ0v) is 11.4. The van der Waals surface area contributed by atoms with Gasteiger partial charge in [0.2, 0.25) is 0 Å². The summed E-state index contributed by atoms with van der Waals surface area (Å²) < 4.78 is 5.36. The van der Waals surface area contributed by atoms with Crippen molar-refractivity contribution in [3.05, 3.63) is 48.2 Å². The second kappa shape index (κ2) is 6.93. The van der Waals surface area contributed by atoms with E-state index >= 15 is 0 Å². The topological polar surface area (TPSA) is 30.2 Å². The molecule has 0 spiro atoms. The molecule has 0 aliphatic carbocycles. The van der Waals surface area contributed by atoms with Crippen molar-refractivity contribution in [2.75, 3.05) is 0 Å². The van der Waals surface area contributed by atoms with Crippen LogP contribution in [0, 0.1) is 0 Å². The lowest BCUT2D eigenvalue weighted by Crippen LogP contribution is -1.99. The van der Waals surface area contributed by atoms with Crippen molar-refractivity contribution in [2.45, 2.75) is 39.0 Å². The minimum Gasteiger partial charge on any atom is -0.464 e. The molecule has 2 rings (SSSR count). The van der Waals surface area contributed by atoms with Gasteiger partial charge in [-0.2, -0.15) is 0 Å². The lowest BCUT2D eigenvalue weighted by Gasteiger charge is -2.03. The SMILES string of the molecule is CCCCCCC(=O)c1cccc(-c2ccco2)c1. The van der Waals surface area contributed by atoms with E-state index in [1.807, 2.05) is 36.4 Å². The van der Waals surface area contributed by atoms with Crippen LogP contribution in [0.3, 0.4) is 0 Å². The van der Waals surface area contributed by atoms with E-state index in [1.165, 1.54) is 12.8 Å². The van der Waals surface area contributed by atoms with E-state index in [1.54, 1.807) is 6.26 Å². The van der Waals surface area contributed by atoms with Crippen LogP contribution >= 0.6 is 0 Å². The van der Waals surface area contributed by atoms with Crippen LogP contribution in [0.4, 0.5) is 0 Å². The van der Waals surface area contributed by atoms with Crippen LogP contribution in [0.25, 0.3) is 11.3 Å². The standard InChI is InChI=1S/C17H20O2/c1-2-3-4-5-10-16(18)14-8-6-9-15(13-14)17-11-7-12-19-17/h6-9,11-13H,2-5,10H2,1H3. The summed E-state index contributed by atoms with van der Waals surface area (Å²) in [5.74, 6) is 1.03. The van der Waals surface area contributed by atoms with E-state index < -0.39 is 0 Å². The molecule has 0 aliphatic heterocycles. The lowest BCUT2D eigenvalue weighted by atomic mass is 10.0. The van der Waals surface area contributed by atoms with Gasteiger partial charge in [-0.1, -0.05) is 44.4 Å². The molecular formula is C17H20O2. The molecule has 0 saturated carbocycles. The molecule has 1 aromatic heterocycles. The van der Waals surface area contributed by atoms with Gasteiger partial charge in [-0.05, 0) is 24.6 Å². The quantitative estimate of drug-likeness (QED) is 0.509. The number of furan rings is 1. The summed E-state index contributed by atoms with van der Waals surface area (Å²) in [7, 11) is 0. The summed E-state index contributed by atoms with van der Waals surface area (Å²) in [5, 5.41) is 0. The molecule has 19 heavy (non-hydrogen) atoms. The Kier molecular flexibility index (Phi) is 4.96. The minimum atomic E-state index is 0.226. The van der Waals surface area contributed by atoms with Crippen molar-refractivity contribution in [1.29, 1.82) is 0 Å². The first kappa shape index (κ1) is 13.6. The Labute approximate surface area is 114 Å². The fraction of sp³-hybridized carbons (Fsp3) is 0.353. The van der Waals surface area contributed by atoms with Crippen LogP contribution in [0.2, 0.25) is 0 Å². The second-order valence-electron chi connectivity index (χ2n) is 4.79. The fourth-order valence-corrected chi connectivity index (χ4v) is 2.15. The Hall–Kier alpha value is -1.83. The molecule has 0 unspecified atom stereocenters. The molecule has 2 aromatic rings. The van der Waals surface area contributed by atoms with Gasteiger partial charge >= 0.3 is 0 Å². The van der Waals surface area contributed by atoms with Gasteiger partial charge in [-0.25, -0.2) is 0 Å². The third-order valence-electron chi connectivity index (χ3n) is 3.25. The fourth-order valence-electron chi connectivity index (χ4n) is 2.15. The Morgan fingerprint density at radius 2 is 2.00 bits per heavy atom. The summed E-state index contributed by atoms with van der Waals surface area (Å²) >= 11 is 0. The zero-order chi connectivity index (χ0) is 13.5. The highest BCUT2D eigenvalue weighted by Crippen LogP contribution is 2.21. The molecule has 1 aromatic carbocycles. The van der Waals surface area contributed by atoms with Crippen molar-refractivity contribution in [3.63, 3.8) is 0 Å². The van der Waals surface area contributed by atoms with Crippen LogP contribution in [0.1, 0.15) is 49.4 Å². The number of carbonyl (C=O) groups is 1. The van der Waals surface area contributed by atoms with E-state index in [0.29, 0.717) is 6.42 Å². The molecule has 0 atom stereocenters. The molecule has 0 bridgehead atoms. The Morgan fingerprint density at radius 1 is 1.11 bits per heavy atom. The predicted molar refractivity (Wildman–Crippen MR) is 77.2 cm³/mol. The number of Topliss-reactive ketones (excluding diaryl/α,β-unsaturated/α-hetero) is 1. The maximum absolute atomic E-state index is 12.1. The molecule has 100 valence electrons. The average Bonchev–Trinajstić information content (AvgIpc) is 2.98. The van der Waals surface area contributed by atoms with Gasteiger partial charge in [0, 0.05) is 17.5 Å². The summed E-state index contributed by atoms with van der Waals surface area (Å²) in [5.41, 5.74) is 1.75. The Balaban J connectivity index is 2.00. The highest BCUT2D eigenvalue weighted by Gasteiger charge is 2.08. The van der Waals surface area contributed by atoms with Gasteiger partial charge in [0.1, 0.15) is 5.76 Å². The van der Waals surface area contributed by atoms with Crippen LogP contribution in [-0.2, 0) is 0 Å². The Morgan fingerprint density at radius 3 is 2.74 bits per heavy atom. The first-order chi connectivity index (χ1) is 9.31. The van der Waals surface area contributed by atoms with E-state index in [9.17, 15) is 4.79 Å². The lowest BCUT2D eigenvalue weighted by molar-refractivity contribution is 0.0979. The van der Waals surface area contributed by atoms with Gasteiger partial charge in [0.15, 0.2) is 5.78 Å². The molecule has 0 fully saturated rings. The number of ketones is 1. The maximum Gasteiger partial charge on any atom is 0.162 e. The van der Waals surface area contributed by atoms with Crippen molar-refractivity contribution >= 4 is 5.78 Å². The van der Waals surface area contributed by atoms with Crippen molar-refractivity contribution in [2.24, 2.45) is 0 Å². The van der Waals surface area contributed by atoms with E-state index in [-0.39, 0.29) is 5.78 Å². The summed E-state index contributed by atoms with van der Waals surface area (Å²) in [6.07, 6.45) is 6.82. The van der Waals surface area contributed by atoms with Gasteiger partial charge in [-0.15, -0.1) is 0 Å². The molecule has 0 radical (unpaired) electrons. The molecular weight excluding hydrogens is 236 g/mol. The van der Waals surface area contributed by atoms with Crippen LogP contribution in [-0.4, -0.2) is 5.78 Å². The number of rotatable bonds is 7. The molecule has 0 aliphatic rings. The monoisotopic (exact) mass is 256 g/mol. The maximum atomic E-state index is 12.1. The summed E-state index contributed by atoms with van der Waals surface area (Å²) in [6, 6.07) is 11.4. The molecule has 0 N–H and O–H groups in total. The number of carbonyl (C=O) groups excluding carboxylic acids is 1. The average molecular weight is 256 g/mol. The molecule has 2 heteroatoms. The number of unbranched alkanes of at least 4 members (excludes halogenated alkanes) is 3. The largest absolute Gasteiger partial charge is 0.464 e. The van der Waals surface area contributed by atoms with E-state index in [4.69, 9.17) is 4.42 Å². The smallest absolute Gasteiger partial charge is 0.162 e. The first-order valence-electron chi connectivity index (χ1n) is 6.98. The van der Waals surface area contributed by atoms with Crippen LogP contribution < -0.4 is 0 Å². The van der Waals surface area contributed by atoms with Crippen LogP contribution in [0.5, 0.6) is 0 Å². The molecule has 0 saturated heterocycles. The normalized spacial score (nSPS) is 10.6. The summed E-state index contributed by atoms with van der Waals surface area (Å²) in [6.45, 7) is 2.18. The van der Waals surface area contributed by atoms with E-state index in [2.05, 4.69) is 6.92 Å². The van der Waals surface area contributed by atoms with Crippen molar-refractivity contribution < 1.29 is 9.21 Å². The number of hydrogen-bond donors (Lipinski definition) is 0. The van der Waals surface area contributed by atoms with Gasteiger partial charge in [0.25, 0.3) is 0 Å². The van der Waals surface area contributed by atoms with Crippen molar-refractivity contribution in [3.8, 4) is 11.3 Å². The second-order valence-corrected chi connectivity index (χ2v) is 4.79. The third-order valence-corrected chi connectivity index (χ3v) is 3.25. The molecule has 1 heterocycles. The number of hydrogen-bond acceptors (Lipinski definition) is 2. The predicted octanol–water partition coefficient (Wildman–Crippen LogP) is 5.10. The molecule has 2 nitrogen and oxygen atoms in total. The van der Waals surface area contributed by atoms with Crippen LogP contribution in [0.15, 0.2) is 47.1 Å².